The van der Waals surface area contributed by atoms with E-state index in [0.717, 1.165) is 10.0 Å². The maximum Gasteiger partial charge on any atom is 0.261 e. The molecule has 0 aliphatic heterocycles. The van der Waals surface area contributed by atoms with Gasteiger partial charge >= 0.3 is 0 Å². The highest BCUT2D eigenvalue weighted by Gasteiger charge is 2.18. The molecule has 0 bridgehead atoms. The summed E-state index contributed by atoms with van der Waals surface area (Å²) >= 11 is 3.31. The molecule has 2 aromatic rings. The molecule has 0 aromatic heterocycles. The van der Waals surface area contributed by atoms with Crippen molar-refractivity contribution in [3.05, 3.63) is 58.1 Å². The van der Waals surface area contributed by atoms with Crippen LogP contribution in [0, 0.1) is 12.8 Å². The molecule has 0 aliphatic rings. The van der Waals surface area contributed by atoms with E-state index >= 15 is 0 Å². The van der Waals surface area contributed by atoms with Gasteiger partial charge in [-0.1, -0.05) is 35.8 Å². The van der Waals surface area contributed by atoms with Crippen LogP contribution in [0.5, 0.6) is 0 Å². The largest absolute Gasteiger partial charge is 0.352 e. The Morgan fingerprint density at radius 1 is 1.12 bits per heavy atom. The molecule has 0 atom stereocenters. The summed E-state index contributed by atoms with van der Waals surface area (Å²) in [6.45, 7) is 6.31. The predicted molar refractivity (Wildman–Crippen MR) is 103 cm³/mol. The number of sulfonamides is 1. The van der Waals surface area contributed by atoms with Crippen LogP contribution >= 0.6 is 15.9 Å². The first-order valence-corrected chi connectivity index (χ1v) is 10.1. The average molecular weight is 425 g/mol. The Morgan fingerprint density at radius 3 is 2.36 bits per heavy atom. The van der Waals surface area contributed by atoms with Crippen molar-refractivity contribution in [2.24, 2.45) is 5.92 Å². The highest BCUT2D eigenvalue weighted by Crippen LogP contribution is 2.21. The molecule has 2 rings (SSSR count). The molecule has 0 unspecified atom stereocenters. The molecule has 2 N–H and O–H groups in total. The van der Waals surface area contributed by atoms with Crippen molar-refractivity contribution >= 4 is 37.5 Å². The first kappa shape index (κ1) is 19.5. The number of amides is 1. The molecule has 2 aromatic carbocycles. The molecule has 0 spiro atoms. The number of hydrogen-bond donors (Lipinski definition) is 2. The molecular weight excluding hydrogens is 404 g/mol. The summed E-state index contributed by atoms with van der Waals surface area (Å²) in [6.07, 6.45) is 0. The Morgan fingerprint density at radius 2 is 1.76 bits per heavy atom. The fraction of sp³-hybridized carbons (Fsp3) is 0.278. The third-order valence-corrected chi connectivity index (χ3v) is 5.44. The van der Waals surface area contributed by atoms with E-state index in [1.54, 1.807) is 37.3 Å². The molecule has 0 fully saturated rings. The maximum atomic E-state index is 12.6. The molecule has 0 heterocycles. The molecule has 0 saturated carbocycles. The predicted octanol–water partition coefficient (Wildman–Crippen LogP) is 3.94. The monoisotopic (exact) mass is 424 g/mol. The fourth-order valence-electron chi connectivity index (χ4n) is 2.14. The van der Waals surface area contributed by atoms with Gasteiger partial charge in [0.05, 0.1) is 4.90 Å². The van der Waals surface area contributed by atoms with Gasteiger partial charge in [-0.15, -0.1) is 0 Å². The number of carbonyl (C=O) groups excluding carboxylic acids is 1. The van der Waals surface area contributed by atoms with E-state index in [4.69, 9.17) is 0 Å². The van der Waals surface area contributed by atoms with Gasteiger partial charge in [-0.25, -0.2) is 8.42 Å². The first-order valence-electron chi connectivity index (χ1n) is 7.86. The summed E-state index contributed by atoms with van der Waals surface area (Å²) in [7, 11) is -3.78. The van der Waals surface area contributed by atoms with Crippen LogP contribution in [0.1, 0.15) is 29.8 Å². The van der Waals surface area contributed by atoms with Gasteiger partial charge in [-0.3, -0.25) is 9.52 Å². The van der Waals surface area contributed by atoms with Gasteiger partial charge < -0.3 is 5.32 Å². The van der Waals surface area contributed by atoms with Crippen molar-refractivity contribution in [2.45, 2.75) is 25.7 Å². The zero-order valence-corrected chi connectivity index (χ0v) is 16.7. The van der Waals surface area contributed by atoms with E-state index in [1.165, 1.54) is 12.1 Å². The molecule has 0 radical (unpaired) electrons. The van der Waals surface area contributed by atoms with Crippen LogP contribution in [0.25, 0.3) is 0 Å². The van der Waals surface area contributed by atoms with E-state index in [9.17, 15) is 13.2 Å². The number of halogens is 1. The van der Waals surface area contributed by atoms with Crippen LogP contribution < -0.4 is 10.0 Å². The van der Waals surface area contributed by atoms with Crippen molar-refractivity contribution in [3.63, 3.8) is 0 Å². The maximum absolute atomic E-state index is 12.6. The first-order chi connectivity index (χ1) is 11.7. The number of benzene rings is 2. The Hall–Kier alpha value is -1.86. The lowest BCUT2D eigenvalue weighted by Crippen LogP contribution is -2.28. The summed E-state index contributed by atoms with van der Waals surface area (Å²) in [5.41, 5.74) is 1.54. The van der Waals surface area contributed by atoms with Crippen molar-refractivity contribution in [1.29, 1.82) is 0 Å². The van der Waals surface area contributed by atoms with Gasteiger partial charge in [0.25, 0.3) is 15.9 Å². The Bertz CT molecular complexity index is 862. The molecule has 7 heteroatoms. The number of carbonyl (C=O) groups is 1. The van der Waals surface area contributed by atoms with Gasteiger partial charge in [0.1, 0.15) is 0 Å². The van der Waals surface area contributed by atoms with Gasteiger partial charge in [-0.2, -0.15) is 0 Å². The van der Waals surface area contributed by atoms with E-state index < -0.39 is 10.0 Å². The fourth-order valence-corrected chi connectivity index (χ4v) is 3.49. The second-order valence-electron chi connectivity index (χ2n) is 6.19. The lowest BCUT2D eigenvalue weighted by molar-refractivity contribution is 0.0948. The number of anilines is 1. The van der Waals surface area contributed by atoms with Crippen molar-refractivity contribution in [2.75, 3.05) is 11.3 Å². The highest BCUT2D eigenvalue weighted by atomic mass is 79.9. The van der Waals surface area contributed by atoms with Crippen LogP contribution in [-0.2, 0) is 10.0 Å². The van der Waals surface area contributed by atoms with Crippen LogP contribution in [0.15, 0.2) is 51.8 Å². The summed E-state index contributed by atoms with van der Waals surface area (Å²) in [5, 5.41) is 2.81. The van der Waals surface area contributed by atoms with E-state index in [1.807, 2.05) is 13.8 Å². The lowest BCUT2D eigenvalue weighted by atomic mass is 10.1. The van der Waals surface area contributed by atoms with Gasteiger partial charge in [0.2, 0.25) is 0 Å². The minimum Gasteiger partial charge on any atom is -0.352 e. The number of hydrogen-bond acceptors (Lipinski definition) is 3. The average Bonchev–Trinajstić information content (AvgIpc) is 2.54. The molecule has 0 aliphatic carbocycles. The minimum atomic E-state index is -3.78. The SMILES string of the molecule is Cc1ccc(S(=O)(=O)Nc2ccc(Br)cc2)cc1C(=O)NCC(C)C. The summed E-state index contributed by atoms with van der Waals surface area (Å²) in [4.78, 5) is 12.4. The van der Waals surface area contributed by atoms with Crippen LogP contribution in [0.4, 0.5) is 5.69 Å². The minimum absolute atomic E-state index is 0.0516. The van der Waals surface area contributed by atoms with Gasteiger partial charge in [-0.05, 0) is 54.8 Å². The van der Waals surface area contributed by atoms with E-state index in [0.29, 0.717) is 23.7 Å². The zero-order valence-electron chi connectivity index (χ0n) is 14.3. The lowest BCUT2D eigenvalue weighted by Gasteiger charge is -2.12. The standard InChI is InChI=1S/C18H21BrN2O3S/c1-12(2)11-20-18(22)17-10-16(9-4-13(17)3)25(23,24)21-15-7-5-14(19)6-8-15/h4-10,12,21H,11H2,1-3H3,(H,20,22). The summed E-state index contributed by atoms with van der Waals surface area (Å²) in [6, 6.07) is 11.4. The van der Waals surface area contributed by atoms with E-state index in [2.05, 4.69) is 26.0 Å². The van der Waals surface area contributed by atoms with E-state index in [-0.39, 0.29) is 10.8 Å². The second kappa shape index (κ2) is 8.01. The molecule has 5 nitrogen and oxygen atoms in total. The molecule has 134 valence electrons. The third kappa shape index (κ3) is 5.31. The summed E-state index contributed by atoms with van der Waals surface area (Å²) < 4.78 is 28.5. The third-order valence-electron chi connectivity index (χ3n) is 3.53. The number of nitrogens with one attached hydrogen (secondary N) is 2. The number of aryl methyl sites for hydroxylation is 1. The van der Waals surface area contributed by atoms with Gasteiger partial charge in [0.15, 0.2) is 0 Å². The quantitative estimate of drug-likeness (QED) is 0.736. The smallest absolute Gasteiger partial charge is 0.261 e. The van der Waals surface area contributed by atoms with Crippen LogP contribution in [-0.4, -0.2) is 20.9 Å². The van der Waals surface area contributed by atoms with Crippen LogP contribution in [0.3, 0.4) is 0 Å². The van der Waals surface area contributed by atoms with Gasteiger partial charge in [0, 0.05) is 22.3 Å². The topological polar surface area (TPSA) is 75.3 Å². The van der Waals surface area contributed by atoms with Crippen molar-refractivity contribution in [1.82, 2.24) is 5.32 Å². The van der Waals surface area contributed by atoms with Crippen molar-refractivity contribution < 1.29 is 13.2 Å². The summed E-state index contributed by atoms with van der Waals surface area (Å²) in [5.74, 6) is 0.0436. The highest BCUT2D eigenvalue weighted by molar-refractivity contribution is 9.10. The Labute approximate surface area is 157 Å². The second-order valence-corrected chi connectivity index (χ2v) is 8.79. The molecule has 1 amide bonds. The normalized spacial score (nSPS) is 11.4. The van der Waals surface area contributed by atoms with Crippen molar-refractivity contribution in [3.8, 4) is 0 Å². The molecule has 25 heavy (non-hydrogen) atoms. The zero-order chi connectivity index (χ0) is 18.6. The molecule has 0 saturated heterocycles. The Kier molecular flexibility index (Phi) is 6.24. The number of rotatable bonds is 6. The Balaban J connectivity index is 2.27. The molecular formula is C18H21BrN2O3S. The van der Waals surface area contributed by atoms with Crippen LogP contribution in [0.2, 0.25) is 0 Å².